The number of hydrogen-bond donors (Lipinski definition) is 1. The van der Waals surface area contributed by atoms with Crippen LogP contribution in [0.3, 0.4) is 0 Å². The molecule has 0 aliphatic carbocycles. The van der Waals surface area contributed by atoms with Gasteiger partial charge in [-0.3, -0.25) is 4.79 Å². The summed E-state index contributed by atoms with van der Waals surface area (Å²) in [6, 6.07) is 1.93. The predicted molar refractivity (Wildman–Crippen MR) is 81.1 cm³/mol. The van der Waals surface area contributed by atoms with Crippen LogP contribution in [0.1, 0.15) is 23.8 Å². The Morgan fingerprint density at radius 2 is 2.40 bits per heavy atom. The molecule has 0 radical (unpaired) electrons. The molecule has 0 spiro atoms. The highest BCUT2D eigenvalue weighted by Gasteiger charge is 2.35. The Bertz CT molecular complexity index is 594. The molecule has 6 heteroatoms. The second-order valence-corrected chi connectivity index (χ2v) is 6.70. The SMILES string of the molecule is CC1CCN(C(=O)c2csc(-c3ccsc3)n2)C1CO. The van der Waals surface area contributed by atoms with Gasteiger partial charge in [-0.1, -0.05) is 6.92 Å². The van der Waals surface area contributed by atoms with E-state index in [-0.39, 0.29) is 18.6 Å². The molecule has 1 amide bonds. The molecule has 2 aromatic rings. The number of rotatable bonds is 3. The molecular weight excluding hydrogens is 292 g/mol. The molecule has 1 aliphatic heterocycles. The summed E-state index contributed by atoms with van der Waals surface area (Å²) in [5.41, 5.74) is 1.55. The smallest absolute Gasteiger partial charge is 0.273 e. The average Bonchev–Trinajstić information content (AvgIpc) is 3.17. The summed E-state index contributed by atoms with van der Waals surface area (Å²) in [6.07, 6.45) is 0.943. The van der Waals surface area contributed by atoms with E-state index in [4.69, 9.17) is 0 Å². The molecule has 1 fully saturated rings. The van der Waals surface area contributed by atoms with Crippen LogP contribution in [0.4, 0.5) is 0 Å². The van der Waals surface area contributed by atoms with Crippen molar-refractivity contribution in [2.45, 2.75) is 19.4 Å². The van der Waals surface area contributed by atoms with Crippen molar-refractivity contribution in [3.05, 3.63) is 27.9 Å². The molecule has 4 nitrogen and oxygen atoms in total. The lowest BCUT2D eigenvalue weighted by Crippen LogP contribution is -2.39. The van der Waals surface area contributed by atoms with Crippen LogP contribution >= 0.6 is 22.7 Å². The second kappa shape index (κ2) is 5.63. The number of carbonyl (C=O) groups is 1. The van der Waals surface area contributed by atoms with Gasteiger partial charge in [-0.15, -0.1) is 11.3 Å². The van der Waals surface area contributed by atoms with Gasteiger partial charge in [-0.2, -0.15) is 11.3 Å². The molecule has 2 unspecified atom stereocenters. The van der Waals surface area contributed by atoms with Crippen molar-refractivity contribution >= 4 is 28.6 Å². The molecule has 3 heterocycles. The van der Waals surface area contributed by atoms with Crippen LogP contribution in [0.5, 0.6) is 0 Å². The first-order chi connectivity index (χ1) is 9.70. The van der Waals surface area contributed by atoms with Gasteiger partial charge in [0.05, 0.1) is 12.6 Å². The highest BCUT2D eigenvalue weighted by atomic mass is 32.1. The number of nitrogens with zero attached hydrogens (tertiary/aromatic N) is 2. The summed E-state index contributed by atoms with van der Waals surface area (Å²) in [5, 5.41) is 16.2. The third kappa shape index (κ3) is 2.39. The third-order valence-corrected chi connectivity index (χ3v) is 5.40. The van der Waals surface area contributed by atoms with Crippen LogP contribution in [-0.4, -0.2) is 40.1 Å². The standard InChI is InChI=1S/C14H16N2O2S2/c1-9-2-4-16(12(9)6-17)14(18)11-8-20-13(15-11)10-3-5-19-7-10/h3,5,7-9,12,17H,2,4,6H2,1H3. The van der Waals surface area contributed by atoms with Crippen LogP contribution in [-0.2, 0) is 0 Å². The van der Waals surface area contributed by atoms with Gasteiger partial charge >= 0.3 is 0 Å². The number of aliphatic hydroxyl groups excluding tert-OH is 1. The zero-order valence-corrected chi connectivity index (χ0v) is 12.8. The van der Waals surface area contributed by atoms with E-state index in [0.717, 1.165) is 17.0 Å². The largest absolute Gasteiger partial charge is 0.394 e. The fourth-order valence-corrected chi connectivity index (χ4v) is 4.08. The van der Waals surface area contributed by atoms with E-state index < -0.39 is 0 Å². The van der Waals surface area contributed by atoms with Gasteiger partial charge < -0.3 is 10.0 Å². The predicted octanol–water partition coefficient (Wildman–Crippen LogP) is 2.71. The molecule has 106 valence electrons. The van der Waals surface area contributed by atoms with Crippen molar-refractivity contribution in [2.24, 2.45) is 5.92 Å². The normalized spacial score (nSPS) is 22.4. The summed E-state index contributed by atoms with van der Waals surface area (Å²) in [4.78, 5) is 18.7. The molecule has 1 saturated heterocycles. The highest BCUT2D eigenvalue weighted by molar-refractivity contribution is 7.14. The van der Waals surface area contributed by atoms with E-state index in [1.54, 1.807) is 16.2 Å². The van der Waals surface area contributed by atoms with Gasteiger partial charge in [0.15, 0.2) is 0 Å². The van der Waals surface area contributed by atoms with Crippen LogP contribution in [0.25, 0.3) is 10.6 Å². The molecule has 0 bridgehead atoms. The van der Waals surface area contributed by atoms with Crippen molar-refractivity contribution < 1.29 is 9.90 Å². The van der Waals surface area contributed by atoms with E-state index in [2.05, 4.69) is 11.9 Å². The third-order valence-electron chi connectivity index (χ3n) is 3.82. The van der Waals surface area contributed by atoms with Gasteiger partial charge in [-0.05, 0) is 23.8 Å². The number of thiophene rings is 1. The molecule has 3 rings (SSSR count). The molecule has 20 heavy (non-hydrogen) atoms. The Morgan fingerprint density at radius 3 is 3.10 bits per heavy atom. The monoisotopic (exact) mass is 308 g/mol. The van der Waals surface area contributed by atoms with Gasteiger partial charge in [0.1, 0.15) is 10.7 Å². The number of likely N-dealkylation sites (tertiary alicyclic amines) is 1. The van der Waals surface area contributed by atoms with Crippen LogP contribution in [0, 0.1) is 5.92 Å². The zero-order valence-electron chi connectivity index (χ0n) is 11.2. The Hall–Kier alpha value is -1.24. The van der Waals surface area contributed by atoms with Gasteiger partial charge in [0.2, 0.25) is 0 Å². The lowest BCUT2D eigenvalue weighted by atomic mass is 10.0. The first-order valence-corrected chi connectivity index (χ1v) is 8.43. The van der Waals surface area contributed by atoms with E-state index in [9.17, 15) is 9.90 Å². The minimum atomic E-state index is -0.0752. The molecule has 2 aromatic heterocycles. The Kier molecular flexibility index (Phi) is 3.87. The molecular formula is C14H16N2O2S2. The van der Waals surface area contributed by atoms with Gasteiger partial charge in [-0.25, -0.2) is 4.98 Å². The van der Waals surface area contributed by atoms with Gasteiger partial charge in [0, 0.05) is 22.9 Å². The summed E-state index contributed by atoms with van der Waals surface area (Å²) in [7, 11) is 0. The molecule has 0 aromatic carbocycles. The lowest BCUT2D eigenvalue weighted by molar-refractivity contribution is 0.0643. The van der Waals surface area contributed by atoms with Gasteiger partial charge in [0.25, 0.3) is 5.91 Å². The molecule has 2 atom stereocenters. The first-order valence-electron chi connectivity index (χ1n) is 6.60. The van der Waals surface area contributed by atoms with E-state index in [1.165, 1.54) is 11.3 Å². The minimum absolute atomic E-state index is 0.0223. The zero-order chi connectivity index (χ0) is 14.1. The van der Waals surface area contributed by atoms with E-state index in [1.807, 2.05) is 22.2 Å². The van der Waals surface area contributed by atoms with Crippen LogP contribution < -0.4 is 0 Å². The van der Waals surface area contributed by atoms with Crippen LogP contribution in [0.2, 0.25) is 0 Å². The topological polar surface area (TPSA) is 53.4 Å². The number of thiazole rings is 1. The fourth-order valence-electron chi connectivity index (χ4n) is 2.58. The van der Waals surface area contributed by atoms with Crippen molar-refractivity contribution in [3.8, 4) is 10.6 Å². The number of aromatic nitrogens is 1. The maximum atomic E-state index is 12.5. The highest BCUT2D eigenvalue weighted by Crippen LogP contribution is 2.29. The summed E-state index contributed by atoms with van der Waals surface area (Å²) >= 11 is 3.11. The first kappa shape index (κ1) is 13.7. The average molecular weight is 308 g/mol. The number of amides is 1. The molecule has 1 aliphatic rings. The lowest BCUT2D eigenvalue weighted by Gasteiger charge is -2.24. The Morgan fingerprint density at radius 1 is 1.55 bits per heavy atom. The molecule has 0 saturated carbocycles. The van der Waals surface area contributed by atoms with Crippen molar-refractivity contribution in [1.29, 1.82) is 0 Å². The molecule has 1 N–H and O–H groups in total. The maximum absolute atomic E-state index is 12.5. The minimum Gasteiger partial charge on any atom is -0.394 e. The van der Waals surface area contributed by atoms with Crippen LogP contribution in [0.15, 0.2) is 22.2 Å². The summed E-state index contributed by atoms with van der Waals surface area (Å²) in [5.74, 6) is 0.282. The summed E-state index contributed by atoms with van der Waals surface area (Å²) < 4.78 is 0. The van der Waals surface area contributed by atoms with E-state index in [0.29, 0.717) is 18.2 Å². The van der Waals surface area contributed by atoms with Crippen molar-refractivity contribution in [2.75, 3.05) is 13.2 Å². The summed E-state index contributed by atoms with van der Waals surface area (Å²) in [6.45, 7) is 2.80. The number of carbonyl (C=O) groups excluding carboxylic acids is 1. The van der Waals surface area contributed by atoms with Crippen molar-refractivity contribution in [3.63, 3.8) is 0 Å². The number of aliphatic hydroxyl groups is 1. The number of hydrogen-bond acceptors (Lipinski definition) is 5. The van der Waals surface area contributed by atoms with Crippen molar-refractivity contribution in [1.82, 2.24) is 9.88 Å². The maximum Gasteiger partial charge on any atom is 0.273 e. The Balaban J connectivity index is 1.81. The second-order valence-electron chi connectivity index (χ2n) is 5.06. The quantitative estimate of drug-likeness (QED) is 0.948. The Labute approximate surface area is 125 Å². The fraction of sp³-hybridized carbons (Fsp3) is 0.429. The van der Waals surface area contributed by atoms with E-state index >= 15 is 0 Å².